The fraction of sp³-hybridized carbons (Fsp3) is 0.457. The number of benzene rings is 2. The van der Waals surface area contributed by atoms with Gasteiger partial charge in [-0.1, -0.05) is 12.0 Å². The maximum atomic E-state index is 15.3. The molecule has 8 nitrogen and oxygen atoms in total. The highest BCUT2D eigenvalue weighted by atomic mass is 19.1. The number of pyridine rings is 1. The van der Waals surface area contributed by atoms with Crippen molar-refractivity contribution < 1.29 is 23.0 Å². The molecule has 3 aliphatic heterocycles. The van der Waals surface area contributed by atoms with Gasteiger partial charge in [0.25, 0.3) is 0 Å². The van der Waals surface area contributed by atoms with E-state index in [0.29, 0.717) is 64.7 Å². The van der Waals surface area contributed by atoms with Crippen LogP contribution in [-0.4, -0.2) is 82.5 Å². The van der Waals surface area contributed by atoms with E-state index in [-0.39, 0.29) is 34.0 Å². The van der Waals surface area contributed by atoms with E-state index in [1.165, 1.54) is 24.3 Å². The van der Waals surface area contributed by atoms with Gasteiger partial charge < -0.3 is 20.1 Å². The summed E-state index contributed by atoms with van der Waals surface area (Å²) in [6.45, 7) is 2.88. The number of hydrogen-bond donors (Lipinski definition) is 2. The second-order valence-electron chi connectivity index (χ2n) is 13.4. The molecule has 2 aromatic carbocycles. The minimum atomic E-state index is -0.927. The number of rotatable bonds is 8. The molecule has 2 aromatic heterocycles. The zero-order valence-electron chi connectivity index (χ0n) is 25.4. The minimum Gasteiger partial charge on any atom is -0.508 e. The standard InChI is InChI=1S/C35H35F3N6O2/c1-2-25-29(38)6-3-20-11-24(45)12-26(30(20)25)31-27(13-36)32-28(14-39-31)33(44-16-22-4-5-23(17-44)40-22)42-34(41-32)46-19-35(8-9-35)18-43-10-7-21(37)15-43/h1,3,6,11-12,14,21-23,40,45H,4-5,7-10,13,15-19H2/t21-,22?,23?/m1/s1. The van der Waals surface area contributed by atoms with Crippen molar-refractivity contribution in [1.82, 2.24) is 25.2 Å². The SMILES string of the molecule is C#Cc1c(F)ccc2cc(O)cc(-c3ncc4c(N5CC6CCC(C5)N6)nc(OCC5(CN6CC[C@@H](F)C6)CC5)nc4c3CF)c12. The lowest BCUT2D eigenvalue weighted by Gasteiger charge is -2.34. The highest BCUT2D eigenvalue weighted by Gasteiger charge is 2.46. The van der Waals surface area contributed by atoms with Crippen molar-refractivity contribution in [3.8, 4) is 35.4 Å². The number of fused-ring (bicyclic) bond motifs is 4. The van der Waals surface area contributed by atoms with Crippen LogP contribution in [0.5, 0.6) is 11.8 Å². The largest absolute Gasteiger partial charge is 0.508 e. The number of ether oxygens (including phenoxy) is 1. The summed E-state index contributed by atoms with van der Waals surface area (Å²) in [6.07, 6.45) is 11.2. The molecule has 0 amide bonds. The smallest absolute Gasteiger partial charge is 0.318 e. The lowest BCUT2D eigenvalue weighted by atomic mass is 9.94. The molecule has 4 aliphatic rings. The number of nitrogens with zero attached hydrogens (tertiary/aromatic N) is 5. The molecule has 2 bridgehead atoms. The maximum absolute atomic E-state index is 15.3. The predicted octanol–water partition coefficient (Wildman–Crippen LogP) is 5.28. The quantitative estimate of drug-likeness (QED) is 0.255. The molecule has 1 saturated carbocycles. The molecular formula is C35H35F3N6O2. The van der Waals surface area contributed by atoms with E-state index in [0.717, 1.165) is 51.9 Å². The van der Waals surface area contributed by atoms with E-state index < -0.39 is 18.7 Å². The second kappa shape index (κ2) is 11.3. The monoisotopic (exact) mass is 628 g/mol. The zero-order chi connectivity index (χ0) is 31.6. The second-order valence-corrected chi connectivity index (χ2v) is 13.4. The molecule has 4 aromatic rings. The molecule has 3 saturated heterocycles. The van der Waals surface area contributed by atoms with Gasteiger partial charge in [0.15, 0.2) is 0 Å². The van der Waals surface area contributed by atoms with Crippen LogP contribution in [0, 0.1) is 23.6 Å². The number of phenolic OH excluding ortho intramolecular Hbond substituents is 1. The molecular weight excluding hydrogens is 593 g/mol. The van der Waals surface area contributed by atoms with Crippen molar-refractivity contribution in [2.75, 3.05) is 44.2 Å². The molecule has 0 radical (unpaired) electrons. The van der Waals surface area contributed by atoms with Gasteiger partial charge >= 0.3 is 6.01 Å². The fourth-order valence-corrected chi connectivity index (χ4v) is 7.64. The van der Waals surface area contributed by atoms with Crippen molar-refractivity contribution in [2.45, 2.75) is 57.0 Å². The molecule has 3 atom stereocenters. The van der Waals surface area contributed by atoms with Crippen LogP contribution in [0.1, 0.15) is 43.2 Å². The summed E-state index contributed by atoms with van der Waals surface area (Å²) >= 11 is 0. The number of phenols is 1. The van der Waals surface area contributed by atoms with E-state index in [9.17, 15) is 13.9 Å². The number of aromatic hydroxyl groups is 1. The van der Waals surface area contributed by atoms with E-state index >= 15 is 4.39 Å². The summed E-state index contributed by atoms with van der Waals surface area (Å²) in [5.41, 5.74) is 0.971. The first-order chi connectivity index (χ1) is 22.3. The average Bonchev–Trinajstić information content (AvgIpc) is 3.57. The lowest BCUT2D eigenvalue weighted by molar-refractivity contribution is 0.165. The van der Waals surface area contributed by atoms with E-state index in [1.807, 2.05) is 0 Å². The average molecular weight is 629 g/mol. The number of terminal acetylenes is 1. The number of nitrogens with one attached hydrogen (secondary N) is 1. The van der Waals surface area contributed by atoms with Crippen molar-refractivity contribution in [3.63, 3.8) is 0 Å². The van der Waals surface area contributed by atoms with Gasteiger partial charge in [0.1, 0.15) is 30.2 Å². The molecule has 2 unspecified atom stereocenters. The van der Waals surface area contributed by atoms with Gasteiger partial charge in [-0.2, -0.15) is 9.97 Å². The summed E-state index contributed by atoms with van der Waals surface area (Å²) < 4.78 is 50.4. The molecule has 1 aliphatic carbocycles. The van der Waals surface area contributed by atoms with Crippen LogP contribution in [0.3, 0.4) is 0 Å². The van der Waals surface area contributed by atoms with Crippen molar-refractivity contribution in [3.05, 3.63) is 47.4 Å². The Morgan fingerprint density at radius 3 is 2.61 bits per heavy atom. The van der Waals surface area contributed by atoms with E-state index in [4.69, 9.17) is 26.1 Å². The number of hydrogen-bond acceptors (Lipinski definition) is 8. The third-order valence-electron chi connectivity index (χ3n) is 10.1. The summed E-state index contributed by atoms with van der Waals surface area (Å²) in [7, 11) is 0. The van der Waals surface area contributed by atoms with Crippen molar-refractivity contribution in [1.29, 1.82) is 0 Å². The van der Waals surface area contributed by atoms with Crippen LogP contribution < -0.4 is 15.0 Å². The van der Waals surface area contributed by atoms with Crippen LogP contribution in [0.2, 0.25) is 0 Å². The maximum Gasteiger partial charge on any atom is 0.318 e. The Balaban J connectivity index is 1.24. The van der Waals surface area contributed by atoms with Crippen molar-refractivity contribution >= 4 is 27.5 Å². The molecule has 4 fully saturated rings. The Labute approximate surface area is 265 Å². The lowest BCUT2D eigenvalue weighted by Crippen LogP contribution is -2.51. The number of piperazine rings is 1. The van der Waals surface area contributed by atoms with Gasteiger partial charge in [0.2, 0.25) is 0 Å². The predicted molar refractivity (Wildman–Crippen MR) is 170 cm³/mol. The molecule has 238 valence electrons. The van der Waals surface area contributed by atoms with Crippen LogP contribution in [0.15, 0.2) is 30.5 Å². The Bertz CT molecular complexity index is 1880. The summed E-state index contributed by atoms with van der Waals surface area (Å²) in [5, 5.41) is 15.7. The highest BCUT2D eigenvalue weighted by molar-refractivity contribution is 6.04. The van der Waals surface area contributed by atoms with Crippen molar-refractivity contribution in [2.24, 2.45) is 5.41 Å². The summed E-state index contributed by atoms with van der Waals surface area (Å²) in [5.74, 6) is 2.38. The van der Waals surface area contributed by atoms with Gasteiger partial charge in [-0.05, 0) is 55.7 Å². The number of aromatic nitrogens is 3. The zero-order valence-corrected chi connectivity index (χ0v) is 25.4. The van der Waals surface area contributed by atoms with Crippen LogP contribution >= 0.6 is 0 Å². The molecule has 0 spiro atoms. The van der Waals surface area contributed by atoms with Gasteiger partial charge in [0.05, 0.1) is 28.8 Å². The van der Waals surface area contributed by atoms with Gasteiger partial charge in [-0.25, -0.2) is 13.2 Å². The molecule has 5 heterocycles. The van der Waals surface area contributed by atoms with Crippen LogP contribution in [0.4, 0.5) is 19.0 Å². The minimum absolute atomic E-state index is 0.00899. The number of alkyl halides is 2. The number of halogens is 3. The Hall–Kier alpha value is -4.14. The first-order valence-corrected chi connectivity index (χ1v) is 16.0. The number of anilines is 1. The molecule has 46 heavy (non-hydrogen) atoms. The summed E-state index contributed by atoms with van der Waals surface area (Å²) in [6, 6.07) is 6.50. The molecule has 11 heteroatoms. The third kappa shape index (κ3) is 5.17. The Morgan fingerprint density at radius 1 is 1.11 bits per heavy atom. The van der Waals surface area contributed by atoms with E-state index in [1.54, 1.807) is 6.20 Å². The van der Waals surface area contributed by atoms with Gasteiger partial charge in [-0.15, -0.1) is 6.42 Å². The van der Waals surface area contributed by atoms with E-state index in [2.05, 4.69) is 21.0 Å². The molecule has 8 rings (SSSR count). The third-order valence-corrected chi connectivity index (χ3v) is 10.1. The topological polar surface area (TPSA) is 86.6 Å². The first kappa shape index (κ1) is 29.3. The number of likely N-dealkylation sites (tertiary alicyclic amines) is 1. The summed E-state index contributed by atoms with van der Waals surface area (Å²) in [4.78, 5) is 18.7. The first-order valence-electron chi connectivity index (χ1n) is 16.0. The normalized spacial score (nSPS) is 23.7. The van der Waals surface area contributed by atoms with Crippen LogP contribution in [0.25, 0.3) is 32.9 Å². The Morgan fingerprint density at radius 2 is 1.91 bits per heavy atom. The fourth-order valence-electron chi connectivity index (χ4n) is 7.64. The highest BCUT2D eigenvalue weighted by Crippen LogP contribution is 2.47. The van der Waals surface area contributed by atoms with Crippen LogP contribution in [-0.2, 0) is 6.67 Å². The Kier molecular flexibility index (Phi) is 7.18. The van der Waals surface area contributed by atoms with Gasteiger partial charge in [0, 0.05) is 72.9 Å². The molecule has 2 N–H and O–H groups in total. The van der Waals surface area contributed by atoms with Gasteiger partial charge in [-0.3, -0.25) is 9.88 Å².